The first-order chi connectivity index (χ1) is 9.74. The number of aryl methyl sites for hydroxylation is 1. The molecule has 0 radical (unpaired) electrons. The molecule has 0 saturated heterocycles. The second kappa shape index (κ2) is 5.54. The van der Waals surface area contributed by atoms with E-state index in [1.165, 1.54) is 20.7 Å². The molecule has 0 atom stereocenters. The highest BCUT2D eigenvalue weighted by molar-refractivity contribution is 7.22. The lowest BCUT2D eigenvalue weighted by atomic mass is 10.0. The van der Waals surface area contributed by atoms with Gasteiger partial charge in [0.25, 0.3) is 0 Å². The number of nitrogen functional groups attached to an aromatic ring is 1. The zero-order valence-electron chi connectivity index (χ0n) is 11.8. The van der Waals surface area contributed by atoms with Crippen molar-refractivity contribution < 1.29 is 0 Å². The lowest BCUT2D eigenvalue weighted by Gasteiger charge is -2.03. The number of rotatable bonds is 4. The van der Waals surface area contributed by atoms with Gasteiger partial charge < -0.3 is 5.73 Å². The molecule has 20 heavy (non-hydrogen) atoms. The summed E-state index contributed by atoms with van der Waals surface area (Å²) in [6, 6.07) is 8.29. The van der Waals surface area contributed by atoms with E-state index in [4.69, 9.17) is 10.7 Å². The van der Waals surface area contributed by atoms with Gasteiger partial charge in [-0.05, 0) is 30.5 Å². The van der Waals surface area contributed by atoms with E-state index >= 15 is 0 Å². The number of nitrogens with zero attached hydrogens (tertiary/aromatic N) is 1. The first-order valence-electron chi connectivity index (χ1n) is 7.00. The van der Waals surface area contributed by atoms with E-state index < -0.39 is 0 Å². The van der Waals surface area contributed by atoms with Crippen LogP contribution in [-0.4, -0.2) is 4.98 Å². The molecule has 0 saturated carbocycles. The molecule has 0 bridgehead atoms. The quantitative estimate of drug-likeness (QED) is 0.726. The van der Waals surface area contributed by atoms with Crippen molar-refractivity contribution in [2.45, 2.75) is 33.1 Å². The van der Waals surface area contributed by atoms with Gasteiger partial charge in [0.1, 0.15) is 5.01 Å². The SMILES string of the molecule is CCCc1c(CC)sc(N)c1-c1nc2ccccc2s1. The zero-order chi connectivity index (χ0) is 14.1. The van der Waals surface area contributed by atoms with Crippen LogP contribution in [0, 0.1) is 0 Å². The smallest absolute Gasteiger partial charge is 0.127 e. The minimum absolute atomic E-state index is 0.921. The highest BCUT2D eigenvalue weighted by Crippen LogP contribution is 2.42. The number of thiophene rings is 1. The average molecular weight is 302 g/mol. The molecule has 0 spiro atoms. The molecule has 0 unspecified atom stereocenters. The van der Waals surface area contributed by atoms with E-state index in [0.29, 0.717) is 0 Å². The zero-order valence-corrected chi connectivity index (χ0v) is 13.4. The van der Waals surface area contributed by atoms with Crippen LogP contribution in [0.2, 0.25) is 0 Å². The molecule has 2 N–H and O–H groups in total. The monoisotopic (exact) mass is 302 g/mol. The topological polar surface area (TPSA) is 38.9 Å². The van der Waals surface area contributed by atoms with Crippen molar-refractivity contribution in [1.82, 2.24) is 4.98 Å². The molecule has 0 fully saturated rings. The van der Waals surface area contributed by atoms with Crippen LogP contribution in [0.1, 0.15) is 30.7 Å². The summed E-state index contributed by atoms with van der Waals surface area (Å²) in [5.74, 6) is 0. The van der Waals surface area contributed by atoms with Crippen LogP contribution in [0.4, 0.5) is 5.00 Å². The Morgan fingerprint density at radius 3 is 2.65 bits per heavy atom. The van der Waals surface area contributed by atoms with Gasteiger partial charge in [-0.3, -0.25) is 0 Å². The molecule has 4 heteroatoms. The maximum absolute atomic E-state index is 6.29. The molecule has 0 aliphatic carbocycles. The van der Waals surface area contributed by atoms with Crippen molar-refractivity contribution in [2.24, 2.45) is 0 Å². The molecule has 0 aliphatic rings. The second-order valence-electron chi connectivity index (χ2n) is 4.83. The number of hydrogen-bond donors (Lipinski definition) is 1. The summed E-state index contributed by atoms with van der Waals surface area (Å²) in [6.45, 7) is 4.42. The Hall–Kier alpha value is -1.39. The van der Waals surface area contributed by atoms with E-state index in [9.17, 15) is 0 Å². The average Bonchev–Trinajstić information content (AvgIpc) is 2.99. The number of para-hydroxylation sites is 1. The maximum atomic E-state index is 6.29. The summed E-state index contributed by atoms with van der Waals surface area (Å²) in [5, 5.41) is 1.99. The maximum Gasteiger partial charge on any atom is 0.127 e. The minimum atomic E-state index is 0.921. The lowest BCUT2D eigenvalue weighted by molar-refractivity contribution is 0.912. The third-order valence-corrected chi connectivity index (χ3v) is 5.71. The van der Waals surface area contributed by atoms with Gasteiger partial charge in [-0.25, -0.2) is 4.98 Å². The molecule has 3 aromatic rings. The second-order valence-corrected chi connectivity index (χ2v) is 7.00. The van der Waals surface area contributed by atoms with Crippen LogP contribution in [-0.2, 0) is 12.8 Å². The van der Waals surface area contributed by atoms with Crippen LogP contribution in [0.5, 0.6) is 0 Å². The number of nitrogens with two attached hydrogens (primary N) is 1. The van der Waals surface area contributed by atoms with Crippen molar-refractivity contribution in [1.29, 1.82) is 0 Å². The van der Waals surface area contributed by atoms with E-state index in [2.05, 4.69) is 32.0 Å². The third-order valence-electron chi connectivity index (χ3n) is 3.45. The van der Waals surface area contributed by atoms with E-state index in [0.717, 1.165) is 34.8 Å². The van der Waals surface area contributed by atoms with Crippen LogP contribution in [0.25, 0.3) is 20.8 Å². The van der Waals surface area contributed by atoms with Crippen molar-refractivity contribution in [2.75, 3.05) is 5.73 Å². The van der Waals surface area contributed by atoms with Gasteiger partial charge >= 0.3 is 0 Å². The summed E-state index contributed by atoms with van der Waals surface area (Å²) in [7, 11) is 0. The Balaban J connectivity index is 2.19. The van der Waals surface area contributed by atoms with Crippen molar-refractivity contribution in [3.05, 3.63) is 34.7 Å². The van der Waals surface area contributed by atoms with Crippen LogP contribution >= 0.6 is 22.7 Å². The van der Waals surface area contributed by atoms with Crippen molar-refractivity contribution in [3.63, 3.8) is 0 Å². The van der Waals surface area contributed by atoms with E-state index in [-0.39, 0.29) is 0 Å². The van der Waals surface area contributed by atoms with Crippen LogP contribution < -0.4 is 5.73 Å². The summed E-state index contributed by atoms with van der Waals surface area (Å²) in [5.41, 5.74) is 9.96. The molecule has 0 aliphatic heterocycles. The largest absolute Gasteiger partial charge is 0.390 e. The normalized spacial score (nSPS) is 11.3. The van der Waals surface area contributed by atoms with Crippen molar-refractivity contribution in [3.8, 4) is 10.6 Å². The standard InChI is InChI=1S/C16H18N2S2/c1-3-7-10-12(4-2)19-15(17)14(10)16-18-11-8-5-6-9-13(11)20-16/h5-6,8-9H,3-4,7,17H2,1-2H3. The molecule has 0 amide bonds. The highest BCUT2D eigenvalue weighted by Gasteiger charge is 2.19. The van der Waals surface area contributed by atoms with Crippen molar-refractivity contribution >= 4 is 37.9 Å². The summed E-state index contributed by atoms with van der Waals surface area (Å²) >= 11 is 3.47. The lowest BCUT2D eigenvalue weighted by Crippen LogP contribution is -1.91. The van der Waals surface area contributed by atoms with Gasteiger partial charge in [-0.1, -0.05) is 32.4 Å². The Morgan fingerprint density at radius 1 is 1.15 bits per heavy atom. The number of fused-ring (bicyclic) bond motifs is 1. The fraction of sp³-hybridized carbons (Fsp3) is 0.312. The number of hydrogen-bond acceptors (Lipinski definition) is 4. The summed E-state index contributed by atoms with van der Waals surface area (Å²) in [4.78, 5) is 6.19. The first-order valence-corrected chi connectivity index (χ1v) is 8.63. The predicted molar refractivity (Wildman–Crippen MR) is 90.7 cm³/mol. The van der Waals surface area contributed by atoms with Crippen LogP contribution in [0.15, 0.2) is 24.3 Å². The summed E-state index contributed by atoms with van der Waals surface area (Å²) in [6.07, 6.45) is 3.28. The van der Waals surface area contributed by atoms with Gasteiger partial charge in [-0.15, -0.1) is 22.7 Å². The highest BCUT2D eigenvalue weighted by atomic mass is 32.1. The minimum Gasteiger partial charge on any atom is -0.390 e. The van der Waals surface area contributed by atoms with Gasteiger partial charge in [0.2, 0.25) is 0 Å². The van der Waals surface area contributed by atoms with Gasteiger partial charge in [0, 0.05) is 10.4 Å². The van der Waals surface area contributed by atoms with Gasteiger partial charge in [-0.2, -0.15) is 0 Å². The first kappa shape index (κ1) is 13.6. The van der Waals surface area contributed by atoms with Crippen LogP contribution in [0.3, 0.4) is 0 Å². The molecule has 2 heterocycles. The van der Waals surface area contributed by atoms with Gasteiger partial charge in [0.05, 0.1) is 15.2 Å². The molecule has 2 aromatic heterocycles. The number of aromatic nitrogens is 1. The third kappa shape index (κ3) is 2.23. The predicted octanol–water partition coefficient (Wildman–Crippen LogP) is 5.12. The Bertz CT molecular complexity index is 707. The van der Waals surface area contributed by atoms with Gasteiger partial charge in [0.15, 0.2) is 0 Å². The Morgan fingerprint density at radius 2 is 1.95 bits per heavy atom. The Kier molecular flexibility index (Phi) is 3.76. The fourth-order valence-electron chi connectivity index (χ4n) is 2.55. The summed E-state index contributed by atoms with van der Waals surface area (Å²) < 4.78 is 1.23. The Labute approximate surface area is 127 Å². The molecular formula is C16H18N2S2. The molecule has 2 nitrogen and oxygen atoms in total. The van der Waals surface area contributed by atoms with E-state index in [1.807, 2.05) is 6.07 Å². The fourth-order valence-corrected chi connectivity index (χ4v) is 4.72. The molecule has 1 aromatic carbocycles. The number of anilines is 1. The van der Waals surface area contributed by atoms with E-state index in [1.54, 1.807) is 22.7 Å². The number of benzene rings is 1. The molecule has 3 rings (SSSR count). The molecular weight excluding hydrogens is 284 g/mol. The number of thiazole rings is 1. The molecule has 104 valence electrons.